The van der Waals surface area contributed by atoms with Gasteiger partial charge in [0, 0.05) is 37.0 Å². The van der Waals surface area contributed by atoms with E-state index in [0.29, 0.717) is 40.0 Å². The zero-order valence-corrected chi connectivity index (χ0v) is 19.0. The van der Waals surface area contributed by atoms with Gasteiger partial charge in [-0.2, -0.15) is 9.97 Å². The number of ether oxygens (including phenoxy) is 1. The number of nitrogens with zero attached hydrogens (tertiary/aromatic N) is 5. The molecular weight excluding hydrogens is 443 g/mol. The molecule has 4 aromatic rings. The Morgan fingerprint density at radius 2 is 2.06 bits per heavy atom. The van der Waals surface area contributed by atoms with Crippen LogP contribution in [0.15, 0.2) is 29.7 Å². The molecule has 9 nitrogen and oxygen atoms in total. The zero-order valence-electron chi connectivity index (χ0n) is 18.2. The van der Waals surface area contributed by atoms with Crippen molar-refractivity contribution in [2.75, 3.05) is 36.6 Å². The minimum absolute atomic E-state index is 0.0779. The Morgan fingerprint density at radius 3 is 2.73 bits per heavy atom. The number of anilines is 2. The lowest BCUT2D eigenvalue weighted by molar-refractivity contribution is 0.438. The summed E-state index contributed by atoms with van der Waals surface area (Å²) in [6.45, 7) is 1.49. The van der Waals surface area contributed by atoms with Crippen LogP contribution in [0.2, 0.25) is 0 Å². The number of fused-ring (bicyclic) bond motifs is 3. The van der Waals surface area contributed by atoms with Gasteiger partial charge in [0.1, 0.15) is 17.3 Å². The van der Waals surface area contributed by atoms with Gasteiger partial charge in [0.2, 0.25) is 0 Å². The van der Waals surface area contributed by atoms with Gasteiger partial charge in [0.15, 0.2) is 10.9 Å². The van der Waals surface area contributed by atoms with Crippen molar-refractivity contribution >= 4 is 45.2 Å². The van der Waals surface area contributed by atoms with Crippen molar-refractivity contribution in [1.29, 1.82) is 0 Å². The van der Waals surface area contributed by atoms with Gasteiger partial charge in [0.25, 0.3) is 0 Å². The molecule has 11 heteroatoms. The van der Waals surface area contributed by atoms with Crippen molar-refractivity contribution in [3.63, 3.8) is 0 Å². The Balaban J connectivity index is 1.52. The van der Waals surface area contributed by atoms with Crippen molar-refractivity contribution in [1.82, 2.24) is 24.9 Å². The van der Waals surface area contributed by atoms with Gasteiger partial charge >= 0.3 is 6.01 Å². The molecule has 0 unspecified atom stereocenters. The predicted molar refractivity (Wildman–Crippen MR) is 127 cm³/mol. The molecule has 4 heterocycles. The number of nitrogens with one attached hydrogen (secondary N) is 2. The van der Waals surface area contributed by atoms with Gasteiger partial charge in [0.05, 0.1) is 29.0 Å². The molecule has 3 aromatic heterocycles. The molecule has 1 aliphatic heterocycles. The van der Waals surface area contributed by atoms with Crippen LogP contribution in [0.4, 0.5) is 15.9 Å². The molecule has 0 amide bonds. The van der Waals surface area contributed by atoms with Gasteiger partial charge in [-0.3, -0.25) is 0 Å². The van der Waals surface area contributed by atoms with E-state index in [-0.39, 0.29) is 23.3 Å². The average molecular weight is 467 g/mol. The molecule has 1 aromatic carbocycles. The third kappa shape index (κ3) is 3.34. The van der Waals surface area contributed by atoms with Crippen LogP contribution in [0, 0.1) is 11.2 Å². The smallest absolute Gasteiger partial charge is 0.326 e. The second-order valence-electron chi connectivity index (χ2n) is 8.66. The lowest BCUT2D eigenvalue weighted by atomic mass is 10.0. The number of halogens is 1. The maximum absolute atomic E-state index is 14.5. The molecule has 0 radical (unpaired) electrons. The van der Waals surface area contributed by atoms with E-state index in [1.165, 1.54) is 23.9 Å². The predicted octanol–water partition coefficient (Wildman–Crippen LogP) is 3.52. The van der Waals surface area contributed by atoms with Crippen molar-refractivity contribution in [3.8, 4) is 11.8 Å². The normalized spacial score (nSPS) is 19.0. The summed E-state index contributed by atoms with van der Waals surface area (Å²) < 4.78 is 20.4. The Hall–Kier alpha value is -3.18. The van der Waals surface area contributed by atoms with Crippen LogP contribution in [0.25, 0.3) is 21.9 Å². The minimum Gasteiger partial charge on any atom is -0.421 e. The fraction of sp³-hybridized carbons (Fsp3) is 0.364. The third-order valence-electron chi connectivity index (χ3n) is 6.65. The fourth-order valence-electron chi connectivity index (χ4n) is 4.71. The van der Waals surface area contributed by atoms with Crippen molar-refractivity contribution in [3.05, 3.63) is 30.3 Å². The number of benzene rings is 1. The van der Waals surface area contributed by atoms with E-state index in [0.717, 1.165) is 30.3 Å². The first-order valence-electron chi connectivity index (χ1n) is 10.7. The number of aromatic nitrogens is 5. The van der Waals surface area contributed by atoms with Crippen LogP contribution in [0.5, 0.6) is 11.8 Å². The van der Waals surface area contributed by atoms with Crippen molar-refractivity contribution in [2.45, 2.75) is 24.0 Å². The summed E-state index contributed by atoms with van der Waals surface area (Å²) in [5.74, 6) is 0.796. The molecule has 4 N–H and O–H groups in total. The minimum atomic E-state index is -0.332. The van der Waals surface area contributed by atoms with Gasteiger partial charge in [-0.25, -0.2) is 14.4 Å². The summed E-state index contributed by atoms with van der Waals surface area (Å²) in [6, 6.07) is 3.22. The highest BCUT2D eigenvalue weighted by molar-refractivity contribution is 7.98. The van der Waals surface area contributed by atoms with E-state index < -0.39 is 0 Å². The van der Waals surface area contributed by atoms with E-state index in [1.54, 1.807) is 19.4 Å². The lowest BCUT2D eigenvalue weighted by Crippen LogP contribution is -2.30. The second-order valence-corrected chi connectivity index (χ2v) is 9.43. The maximum Gasteiger partial charge on any atom is 0.326 e. The summed E-state index contributed by atoms with van der Waals surface area (Å²) in [7, 11) is 1.76. The Bertz CT molecular complexity index is 1370. The van der Waals surface area contributed by atoms with Crippen LogP contribution in [-0.4, -0.2) is 57.4 Å². The topological polar surface area (TPSA) is 118 Å². The van der Waals surface area contributed by atoms with Crippen LogP contribution in [0.1, 0.15) is 12.8 Å². The van der Waals surface area contributed by atoms with Gasteiger partial charge in [-0.05, 0) is 31.2 Å². The Kier molecular flexibility index (Phi) is 4.59. The van der Waals surface area contributed by atoms with Gasteiger partial charge in [-0.1, -0.05) is 11.8 Å². The Morgan fingerprint density at radius 1 is 1.27 bits per heavy atom. The standard InChI is InChI=1S/C22H23FN8OS/c1-25-14-6-11(23)5-13-16-18(28-17(13)14)29-20(32-12-7-26-21(33-2)27-8-12)30-19(16)31-9-15(24)22(10-31)3-4-22/h5-8,15,25H,3-4,9-10,24H2,1-2H3,(H,28,29,30)/t15-/m0/s1. The number of H-pyrrole nitrogens is 1. The molecule has 1 saturated heterocycles. The fourth-order valence-corrected chi connectivity index (χ4v) is 5.02. The van der Waals surface area contributed by atoms with E-state index in [1.807, 2.05) is 6.26 Å². The van der Waals surface area contributed by atoms with Crippen LogP contribution < -0.4 is 20.7 Å². The van der Waals surface area contributed by atoms with E-state index >= 15 is 0 Å². The summed E-state index contributed by atoms with van der Waals surface area (Å²) in [6.07, 6.45) is 7.33. The molecule has 1 atom stereocenters. The first kappa shape index (κ1) is 20.4. The quantitative estimate of drug-likeness (QED) is 0.300. The second kappa shape index (κ2) is 7.42. The number of aromatic amines is 1. The molecular formula is C22H23FN8OS. The maximum atomic E-state index is 14.5. The van der Waals surface area contributed by atoms with E-state index in [4.69, 9.17) is 15.5 Å². The number of thioether (sulfide) groups is 1. The number of rotatable bonds is 5. The highest BCUT2D eigenvalue weighted by atomic mass is 32.2. The third-order valence-corrected chi connectivity index (χ3v) is 7.23. The average Bonchev–Trinajstić information content (AvgIpc) is 3.40. The molecule has 6 rings (SSSR count). The van der Waals surface area contributed by atoms with Crippen molar-refractivity contribution in [2.24, 2.45) is 11.1 Å². The number of hydrogen-bond donors (Lipinski definition) is 3. The zero-order chi connectivity index (χ0) is 22.7. The highest BCUT2D eigenvalue weighted by Gasteiger charge is 2.54. The molecule has 2 aliphatic rings. The van der Waals surface area contributed by atoms with E-state index in [9.17, 15) is 4.39 Å². The summed E-state index contributed by atoms with van der Waals surface area (Å²) in [4.78, 5) is 23.4. The lowest BCUT2D eigenvalue weighted by Gasteiger charge is -2.19. The molecule has 1 aliphatic carbocycles. The van der Waals surface area contributed by atoms with Crippen molar-refractivity contribution < 1.29 is 9.13 Å². The number of nitrogens with two attached hydrogens (primary N) is 1. The largest absolute Gasteiger partial charge is 0.421 e. The summed E-state index contributed by atoms with van der Waals surface area (Å²) in [5.41, 5.74) is 8.61. The SMILES string of the molecule is CNc1cc(F)cc2c1[nH]c1nc(Oc3cnc(SC)nc3)nc(N3C[C@H](N)C4(CC4)C3)c12. The molecule has 1 saturated carbocycles. The van der Waals surface area contributed by atoms with Gasteiger partial charge < -0.3 is 25.7 Å². The molecule has 1 spiro atoms. The first-order chi connectivity index (χ1) is 16.0. The highest BCUT2D eigenvalue weighted by Crippen LogP contribution is 2.53. The van der Waals surface area contributed by atoms with Gasteiger partial charge in [-0.15, -0.1) is 0 Å². The molecule has 2 fully saturated rings. The van der Waals surface area contributed by atoms with Crippen LogP contribution in [-0.2, 0) is 0 Å². The summed E-state index contributed by atoms with van der Waals surface area (Å²) in [5, 5.41) is 5.18. The number of hydrogen-bond acceptors (Lipinski definition) is 9. The Labute approximate surface area is 193 Å². The molecule has 33 heavy (non-hydrogen) atoms. The van der Waals surface area contributed by atoms with E-state index in [2.05, 4.69) is 30.2 Å². The van der Waals surface area contributed by atoms with Crippen LogP contribution >= 0.6 is 11.8 Å². The summed E-state index contributed by atoms with van der Waals surface area (Å²) >= 11 is 1.45. The molecule has 170 valence electrons. The first-order valence-corrected chi connectivity index (χ1v) is 12.0. The monoisotopic (exact) mass is 466 g/mol. The molecule has 0 bridgehead atoms. The van der Waals surface area contributed by atoms with Crippen LogP contribution in [0.3, 0.4) is 0 Å².